The summed E-state index contributed by atoms with van der Waals surface area (Å²) >= 11 is 0. The molecule has 0 fully saturated rings. The molecule has 1 radical (unpaired) electrons. The Bertz CT molecular complexity index is 1480. The quantitative estimate of drug-likeness (QED) is 0.133. The second kappa shape index (κ2) is 13.0. The molecule has 0 saturated carbocycles. The highest BCUT2D eigenvalue weighted by Crippen LogP contribution is 2.20. The Kier molecular flexibility index (Phi) is 9.27. The predicted molar refractivity (Wildman–Crippen MR) is 148 cm³/mol. The standard InChI is InChI=1S/C29H29B2N3O5/c1-21(2)29(35)32-15-22-14-26(20-34(16-22)19-25-9-4-6-12-28(25)39-30-36)23-10-7-13-33(17-23)18-24-8-3-5-11-27(24)31(37)38/h3-14,16-17,20,36-38H,1,15,18-19H2,2H3/q+1/p+1. The van der Waals surface area contributed by atoms with Crippen LogP contribution in [0.2, 0.25) is 0 Å². The molecule has 0 atom stereocenters. The summed E-state index contributed by atoms with van der Waals surface area (Å²) in [6.45, 7) is 6.61. The summed E-state index contributed by atoms with van der Waals surface area (Å²) in [6, 6.07) is 20.6. The van der Waals surface area contributed by atoms with Gasteiger partial charge in [0, 0.05) is 29.3 Å². The van der Waals surface area contributed by atoms with Gasteiger partial charge < -0.3 is 25.0 Å². The first-order valence-corrected chi connectivity index (χ1v) is 12.4. The maximum absolute atomic E-state index is 12.2. The topological polar surface area (TPSA) is 107 Å². The van der Waals surface area contributed by atoms with Crippen LogP contribution in [0.3, 0.4) is 0 Å². The number of pyridine rings is 2. The molecule has 195 valence electrons. The molecule has 0 aliphatic carbocycles. The van der Waals surface area contributed by atoms with Gasteiger partial charge in [0.15, 0.2) is 37.9 Å². The Morgan fingerprint density at radius 2 is 1.64 bits per heavy atom. The van der Waals surface area contributed by atoms with Gasteiger partial charge in [0.25, 0.3) is 0 Å². The Morgan fingerprint density at radius 3 is 2.38 bits per heavy atom. The number of carbonyl (C=O) groups excluding carboxylic acids is 1. The number of aromatic nitrogens is 2. The van der Waals surface area contributed by atoms with Crippen molar-refractivity contribution in [3.8, 4) is 16.9 Å². The van der Waals surface area contributed by atoms with E-state index in [1.165, 1.54) is 0 Å². The number of hydrogen-bond acceptors (Lipinski definition) is 5. The highest BCUT2D eigenvalue weighted by Gasteiger charge is 2.19. The first kappa shape index (κ1) is 27.8. The van der Waals surface area contributed by atoms with Crippen molar-refractivity contribution >= 4 is 26.2 Å². The van der Waals surface area contributed by atoms with Crippen LogP contribution >= 0.6 is 0 Å². The number of hydrogen-bond donors (Lipinski definition) is 4. The van der Waals surface area contributed by atoms with Gasteiger partial charge >= 0.3 is 14.8 Å². The van der Waals surface area contributed by atoms with E-state index in [4.69, 9.17) is 9.68 Å². The molecule has 4 N–H and O–H groups in total. The van der Waals surface area contributed by atoms with Gasteiger partial charge in [-0.25, -0.2) is 4.57 Å². The summed E-state index contributed by atoms with van der Waals surface area (Å²) in [7, 11) is -0.889. The molecule has 0 saturated heterocycles. The first-order chi connectivity index (χ1) is 18.8. The van der Waals surface area contributed by atoms with Crippen LogP contribution < -0.4 is 24.6 Å². The molecule has 4 rings (SSSR count). The molecule has 8 nitrogen and oxygen atoms in total. The van der Waals surface area contributed by atoms with E-state index in [-0.39, 0.29) is 5.91 Å². The summed E-state index contributed by atoms with van der Waals surface area (Å²) in [5, 5.41) is 31.6. The van der Waals surface area contributed by atoms with Crippen LogP contribution in [0.4, 0.5) is 0 Å². The van der Waals surface area contributed by atoms with Gasteiger partial charge in [-0.15, -0.1) is 0 Å². The van der Waals surface area contributed by atoms with Crippen molar-refractivity contribution < 1.29 is 33.7 Å². The molecule has 2 aromatic carbocycles. The highest BCUT2D eigenvalue weighted by atomic mass is 16.5. The average molecular weight is 522 g/mol. The number of carbonyl (C=O) groups is 1. The lowest BCUT2D eigenvalue weighted by Crippen LogP contribution is -2.40. The number of benzene rings is 2. The van der Waals surface area contributed by atoms with E-state index < -0.39 is 7.12 Å². The predicted octanol–water partition coefficient (Wildman–Crippen LogP) is 0.803. The number of nitrogens with zero attached hydrogens (tertiary/aromatic N) is 2. The van der Waals surface area contributed by atoms with Crippen LogP contribution in [0.25, 0.3) is 11.1 Å². The van der Waals surface area contributed by atoms with E-state index in [9.17, 15) is 14.8 Å². The molecule has 0 aliphatic heterocycles. The van der Waals surface area contributed by atoms with Gasteiger partial charge in [-0.2, -0.15) is 4.57 Å². The minimum atomic E-state index is -1.55. The lowest BCUT2D eigenvalue weighted by atomic mass is 9.77. The molecule has 0 unspecified atom stereocenters. The van der Waals surface area contributed by atoms with Gasteiger partial charge in [0.1, 0.15) is 5.75 Å². The third-order valence-electron chi connectivity index (χ3n) is 6.20. The first-order valence-electron chi connectivity index (χ1n) is 12.4. The van der Waals surface area contributed by atoms with Crippen molar-refractivity contribution in [3.63, 3.8) is 0 Å². The van der Waals surface area contributed by atoms with Crippen molar-refractivity contribution in [2.45, 2.75) is 26.6 Å². The second-order valence-corrected chi connectivity index (χ2v) is 9.24. The second-order valence-electron chi connectivity index (χ2n) is 9.24. The number of amides is 1. The Hall–Kier alpha value is -4.24. The van der Waals surface area contributed by atoms with Crippen molar-refractivity contribution in [2.24, 2.45) is 0 Å². The summed E-state index contributed by atoms with van der Waals surface area (Å²) in [5.74, 6) is 0.323. The van der Waals surface area contributed by atoms with Crippen LogP contribution in [-0.2, 0) is 24.4 Å². The molecule has 0 bridgehead atoms. The zero-order valence-electron chi connectivity index (χ0n) is 21.7. The fourth-order valence-electron chi connectivity index (χ4n) is 4.30. The van der Waals surface area contributed by atoms with Crippen LogP contribution in [0.1, 0.15) is 23.6 Å². The third-order valence-corrected chi connectivity index (χ3v) is 6.20. The minimum Gasteiger partial charge on any atom is -0.537 e. The van der Waals surface area contributed by atoms with Gasteiger partial charge in [-0.1, -0.05) is 43.0 Å². The van der Waals surface area contributed by atoms with E-state index >= 15 is 0 Å². The fourth-order valence-corrected chi connectivity index (χ4v) is 4.30. The van der Waals surface area contributed by atoms with Crippen LogP contribution in [-0.4, -0.2) is 35.8 Å². The Labute approximate surface area is 228 Å². The van der Waals surface area contributed by atoms with Crippen molar-refractivity contribution in [1.82, 2.24) is 5.32 Å². The van der Waals surface area contributed by atoms with E-state index in [1.807, 2.05) is 82.5 Å². The highest BCUT2D eigenvalue weighted by molar-refractivity contribution is 6.59. The molecule has 0 aliphatic rings. The normalized spacial score (nSPS) is 10.6. The lowest BCUT2D eigenvalue weighted by Gasteiger charge is -2.10. The molecule has 2 heterocycles. The molecule has 4 aromatic rings. The van der Waals surface area contributed by atoms with E-state index in [1.54, 1.807) is 25.1 Å². The monoisotopic (exact) mass is 522 g/mol. The summed E-state index contributed by atoms with van der Waals surface area (Å²) < 4.78 is 9.26. The van der Waals surface area contributed by atoms with Crippen molar-refractivity contribution in [1.29, 1.82) is 0 Å². The van der Waals surface area contributed by atoms with Crippen LogP contribution in [0.5, 0.6) is 5.75 Å². The summed E-state index contributed by atoms with van der Waals surface area (Å²) in [4.78, 5) is 12.2. The van der Waals surface area contributed by atoms with Gasteiger partial charge in [0.2, 0.25) is 5.91 Å². The van der Waals surface area contributed by atoms with E-state index in [0.29, 0.717) is 44.1 Å². The van der Waals surface area contributed by atoms with Crippen LogP contribution in [0, 0.1) is 0 Å². The number of para-hydroxylation sites is 1. The van der Waals surface area contributed by atoms with Gasteiger partial charge in [-0.3, -0.25) is 4.79 Å². The zero-order chi connectivity index (χ0) is 27.8. The van der Waals surface area contributed by atoms with Gasteiger partial charge in [0.05, 0.1) is 16.7 Å². The van der Waals surface area contributed by atoms with E-state index in [0.717, 1.165) is 27.8 Å². The fraction of sp³-hybridized carbons (Fsp3) is 0.138. The van der Waals surface area contributed by atoms with Crippen LogP contribution in [0.15, 0.2) is 104 Å². The third kappa shape index (κ3) is 7.42. The average Bonchev–Trinajstić information content (AvgIpc) is 2.93. The van der Waals surface area contributed by atoms with E-state index in [2.05, 4.69) is 11.9 Å². The number of rotatable bonds is 11. The molecule has 0 spiro atoms. The van der Waals surface area contributed by atoms with Gasteiger partial charge in [-0.05, 0) is 36.7 Å². The largest absolute Gasteiger partial charge is 0.569 e. The Morgan fingerprint density at radius 1 is 0.949 bits per heavy atom. The smallest absolute Gasteiger partial charge is 0.537 e. The minimum absolute atomic E-state index is 0.216. The summed E-state index contributed by atoms with van der Waals surface area (Å²) in [6.07, 6.45) is 7.88. The molecule has 10 heteroatoms. The molecule has 1 amide bonds. The molecule has 2 aromatic heterocycles. The molecular weight excluding hydrogens is 492 g/mol. The molecular formula is C29H30B2N3O5+2. The zero-order valence-corrected chi connectivity index (χ0v) is 21.7. The van der Waals surface area contributed by atoms with Crippen molar-refractivity contribution in [2.75, 3.05) is 0 Å². The maximum atomic E-state index is 12.2. The summed E-state index contributed by atoms with van der Waals surface area (Å²) in [5.41, 5.74) is 5.32. The SMILES string of the molecule is C=C(C)C(=O)NCc1cc(-c2ccc[n+](Cc3ccccc3B(O)O)c2)c[n+](Cc2ccccc2O[B]O)c1. The molecule has 39 heavy (non-hydrogen) atoms. The lowest BCUT2D eigenvalue weighted by molar-refractivity contribution is -0.689. The van der Waals surface area contributed by atoms with Crippen molar-refractivity contribution in [3.05, 3.63) is 120 Å². The Balaban J connectivity index is 1.69. The maximum Gasteiger partial charge on any atom is 0.569 e. The number of nitrogens with one attached hydrogen (secondary N) is 1.